The van der Waals surface area contributed by atoms with E-state index in [1.807, 2.05) is 19.9 Å². The second kappa shape index (κ2) is 33.6. The van der Waals surface area contributed by atoms with Gasteiger partial charge in [-0.15, -0.1) is 0 Å². The standard InChI is InChI=1S/C26H44N4O6.C24H40N4O6.K.H2NO/c1-8-34-16-19-11-10-12-30(15-19)22-14-20(24(32)35-9-2)13-21(23(22)29-18(4)31)27-17(3)28-25(33)36-26(5,6)7;1-7-33-14-17-9-8-10-28(13-17)20-12-18(22(30)31)11-19(21(20)27-16(3)29)25-15(2)26-23(32)34-24(4,5)6;;1-2/h14,19,21-23H,8-13,15-16H2,1-7H3,(H,29,31)(H,27,28,33);12,17,19-21H,7-11,13-14H2,1-6H3,(H,27,29)(H,30,31)(H,25,26,32);;1-2H/q;;+1;-1/t19-,21-,22+,23+;17-,19-,20+,21+;;/m00../s1. The van der Waals surface area contributed by atoms with E-state index in [4.69, 9.17) is 39.8 Å². The van der Waals surface area contributed by atoms with Gasteiger partial charge in [-0.1, -0.05) is 12.2 Å². The Hall–Kier alpha value is -3.36. The molecule has 2 heterocycles. The maximum Gasteiger partial charge on any atom is 1.00 e. The average molecular weight is 1060 g/mol. The summed E-state index contributed by atoms with van der Waals surface area (Å²) in [5.41, 5.74) is -0.540. The first-order valence-electron chi connectivity index (χ1n) is 25.1. The number of amidine groups is 2. The van der Waals surface area contributed by atoms with E-state index in [-0.39, 0.29) is 112 Å². The Labute approximate surface area is 475 Å². The number of ether oxygens (including phenoxy) is 5. The zero-order valence-corrected chi connectivity index (χ0v) is 49.2. The van der Waals surface area contributed by atoms with E-state index >= 15 is 0 Å². The SMILES string of the molecule is CCOC[C@H]1CCCN([C@@H]2C=C(C(=O)O)C[C@H](N=C(C)NC(=O)OC(C)(C)C)[C@H]2NC(C)=O)C1.CCOC[C@H]1CCCN([C@@H]2C=C(C(=O)OCC)C[C@H](N=C(C)NC(=O)OC(C)(C)C)[C@H]2NC(C)=O)C1.[K+].[NH-]O. The van der Waals surface area contributed by atoms with Gasteiger partial charge in [-0.05, 0) is 127 Å². The molecule has 23 heteroatoms. The van der Waals surface area contributed by atoms with Crippen molar-refractivity contribution >= 4 is 47.6 Å². The van der Waals surface area contributed by atoms with Gasteiger partial charge < -0.3 is 50.5 Å². The number of rotatable bonds is 15. The molecule has 7 N–H and O–H groups in total. The molecule has 73 heavy (non-hydrogen) atoms. The zero-order valence-electron chi connectivity index (χ0n) is 46.1. The van der Waals surface area contributed by atoms with Gasteiger partial charge >= 0.3 is 75.5 Å². The van der Waals surface area contributed by atoms with Crippen molar-refractivity contribution in [1.29, 1.82) is 0 Å². The second-order valence-corrected chi connectivity index (χ2v) is 20.4. The van der Waals surface area contributed by atoms with Crippen LogP contribution in [0.5, 0.6) is 0 Å². The van der Waals surface area contributed by atoms with Crippen molar-refractivity contribution in [1.82, 2.24) is 31.1 Å². The third-order valence-corrected chi connectivity index (χ3v) is 11.9. The summed E-state index contributed by atoms with van der Waals surface area (Å²) in [5, 5.41) is 27.4. The van der Waals surface area contributed by atoms with Crippen molar-refractivity contribution in [3.05, 3.63) is 29.2 Å². The number of aliphatic carboxylic acids is 1. The fourth-order valence-corrected chi connectivity index (χ4v) is 9.24. The van der Waals surface area contributed by atoms with E-state index in [1.165, 1.54) is 13.8 Å². The van der Waals surface area contributed by atoms with Crippen LogP contribution in [-0.4, -0.2) is 174 Å². The number of amides is 4. The van der Waals surface area contributed by atoms with Crippen LogP contribution in [0.25, 0.3) is 5.90 Å². The molecule has 0 bridgehead atoms. The summed E-state index contributed by atoms with van der Waals surface area (Å²) >= 11 is 0. The molecule has 0 aromatic carbocycles. The number of carboxylic acid groups (broad SMARTS) is 1. The van der Waals surface area contributed by atoms with Gasteiger partial charge in [0.1, 0.15) is 22.9 Å². The summed E-state index contributed by atoms with van der Waals surface area (Å²) in [5.74, 6) is 4.32. The predicted octanol–water partition coefficient (Wildman–Crippen LogP) is 2.58. The molecule has 0 spiro atoms. The normalized spacial score (nSPS) is 25.0. The summed E-state index contributed by atoms with van der Waals surface area (Å²) in [6.45, 7) is 28.7. The van der Waals surface area contributed by atoms with E-state index in [0.717, 1.165) is 51.9 Å². The Morgan fingerprint density at radius 2 is 1.04 bits per heavy atom. The number of carboxylic acids is 1. The zero-order chi connectivity index (χ0) is 54.3. The number of hydrogen-bond acceptors (Lipinski definition) is 16. The van der Waals surface area contributed by atoms with Crippen LogP contribution in [0, 0.1) is 11.8 Å². The number of carbonyl (C=O) groups is 6. The monoisotopic (exact) mass is 1060 g/mol. The number of piperidine rings is 2. The molecule has 4 rings (SSSR count). The van der Waals surface area contributed by atoms with E-state index < -0.39 is 47.5 Å². The van der Waals surface area contributed by atoms with Crippen LogP contribution in [0.15, 0.2) is 33.3 Å². The Balaban J connectivity index is 0.000000698. The van der Waals surface area contributed by atoms with Crippen LogP contribution < -0.4 is 72.7 Å². The first-order valence-corrected chi connectivity index (χ1v) is 25.1. The molecule has 0 saturated carbocycles. The van der Waals surface area contributed by atoms with E-state index in [0.29, 0.717) is 55.5 Å². The molecule has 0 radical (unpaired) electrons. The second-order valence-electron chi connectivity index (χ2n) is 20.4. The van der Waals surface area contributed by atoms with Crippen molar-refractivity contribution in [3.8, 4) is 0 Å². The topological polar surface area (TPSA) is 292 Å². The van der Waals surface area contributed by atoms with Crippen LogP contribution in [0.3, 0.4) is 0 Å². The molecule has 410 valence electrons. The Bertz CT molecular complexity index is 1920. The molecule has 0 aromatic rings. The fourth-order valence-electron chi connectivity index (χ4n) is 9.24. The van der Waals surface area contributed by atoms with E-state index in [2.05, 4.69) is 36.1 Å². The molecule has 8 atom stereocenters. The van der Waals surface area contributed by atoms with Crippen molar-refractivity contribution in [2.75, 3.05) is 59.2 Å². The number of carbonyl (C=O) groups excluding carboxylic acids is 5. The van der Waals surface area contributed by atoms with E-state index in [1.54, 1.807) is 68.4 Å². The smallest absolute Gasteiger partial charge is 0.553 e. The average Bonchev–Trinajstić information content (AvgIpc) is 3.28. The summed E-state index contributed by atoms with van der Waals surface area (Å²) in [6.07, 6.45) is 6.92. The first-order chi connectivity index (χ1) is 33.8. The van der Waals surface area contributed by atoms with Crippen LogP contribution in [0.4, 0.5) is 9.59 Å². The molecular formula is C50H86KN9O13. The third-order valence-electron chi connectivity index (χ3n) is 11.9. The van der Waals surface area contributed by atoms with Gasteiger partial charge in [0.05, 0.1) is 56.1 Å². The molecule has 22 nitrogen and oxygen atoms in total. The van der Waals surface area contributed by atoms with Crippen molar-refractivity contribution in [2.24, 2.45) is 21.8 Å². The molecule has 2 saturated heterocycles. The minimum Gasteiger partial charge on any atom is -0.553 e. The molecule has 0 unspecified atom stereocenters. The number of hydrogen-bond donors (Lipinski definition) is 6. The molecule has 2 aliphatic heterocycles. The summed E-state index contributed by atoms with van der Waals surface area (Å²) in [7, 11) is 0. The molecule has 0 aromatic heterocycles. The Morgan fingerprint density at radius 3 is 1.38 bits per heavy atom. The van der Waals surface area contributed by atoms with Gasteiger partial charge in [0.15, 0.2) is 0 Å². The maximum atomic E-state index is 12.8. The third kappa shape index (κ3) is 25.4. The van der Waals surface area contributed by atoms with Crippen LogP contribution in [-0.2, 0) is 42.9 Å². The van der Waals surface area contributed by atoms with E-state index in [9.17, 15) is 33.9 Å². The molecular weight excluding hydrogens is 974 g/mol. The number of aliphatic imine (C=N–C) groups is 2. The number of likely N-dealkylation sites (tertiary alicyclic amines) is 2. The van der Waals surface area contributed by atoms with Gasteiger partial charge in [-0.3, -0.25) is 40.0 Å². The number of nitrogens with one attached hydrogen (secondary N) is 5. The molecule has 4 amide bonds. The van der Waals surface area contributed by atoms with Gasteiger partial charge in [-0.25, -0.2) is 19.2 Å². The Kier molecular flexibility index (Phi) is 31.2. The fraction of sp³-hybridized carbons (Fsp3) is 0.760. The van der Waals surface area contributed by atoms with Gasteiger partial charge in [0, 0.05) is 64.1 Å². The molecule has 2 aliphatic carbocycles. The minimum atomic E-state index is -1.01. The van der Waals surface area contributed by atoms with Crippen molar-refractivity contribution < 1.29 is 114 Å². The molecule has 4 aliphatic rings. The van der Waals surface area contributed by atoms with Crippen molar-refractivity contribution in [2.45, 2.75) is 176 Å². The van der Waals surface area contributed by atoms with Gasteiger partial charge in [0.2, 0.25) is 11.8 Å². The van der Waals surface area contributed by atoms with Crippen LogP contribution in [0.2, 0.25) is 0 Å². The quantitative estimate of drug-likeness (QED) is 0.0343. The maximum absolute atomic E-state index is 12.8. The van der Waals surface area contributed by atoms with Crippen LogP contribution >= 0.6 is 0 Å². The summed E-state index contributed by atoms with van der Waals surface area (Å²) in [6, 6.07) is -2.47. The van der Waals surface area contributed by atoms with Crippen LogP contribution in [0.1, 0.15) is 129 Å². The largest absolute Gasteiger partial charge is 1.00 e. The van der Waals surface area contributed by atoms with Gasteiger partial charge in [0.25, 0.3) is 0 Å². The minimum absolute atomic E-state index is 0. The molecule has 2 fully saturated rings. The number of esters is 1. The predicted molar refractivity (Wildman–Crippen MR) is 273 cm³/mol. The number of alkyl carbamates (subject to hydrolysis) is 2. The summed E-state index contributed by atoms with van der Waals surface area (Å²) < 4.78 is 27.2. The first kappa shape index (κ1) is 67.7. The van der Waals surface area contributed by atoms with Crippen molar-refractivity contribution in [3.63, 3.8) is 0 Å². The summed E-state index contributed by atoms with van der Waals surface area (Å²) in [4.78, 5) is 87.4. The van der Waals surface area contributed by atoms with Gasteiger partial charge in [-0.2, -0.15) is 0 Å². The number of nitrogens with zero attached hydrogens (tertiary/aromatic N) is 4. The Morgan fingerprint density at radius 1 is 0.658 bits per heavy atom.